The number of carbonyl (C=O) groups excluding carboxylic acids is 1. The molecule has 8 heteroatoms. The van der Waals surface area contributed by atoms with E-state index in [4.69, 9.17) is 14.6 Å². The fourth-order valence-electron chi connectivity index (χ4n) is 3.15. The number of carbonyl (C=O) groups is 1. The van der Waals surface area contributed by atoms with Gasteiger partial charge in [0.25, 0.3) is 5.91 Å². The summed E-state index contributed by atoms with van der Waals surface area (Å²) in [4.78, 5) is 14.6. The van der Waals surface area contributed by atoms with E-state index >= 15 is 0 Å². The highest BCUT2D eigenvalue weighted by molar-refractivity contribution is 7.89. The quantitative estimate of drug-likeness (QED) is 0.781. The number of ether oxygens (including phenoxy) is 2. The van der Waals surface area contributed by atoms with Crippen molar-refractivity contribution < 1.29 is 22.7 Å². The van der Waals surface area contributed by atoms with Gasteiger partial charge in [-0.25, -0.2) is 13.6 Å². The van der Waals surface area contributed by atoms with Gasteiger partial charge in [0.05, 0.1) is 23.1 Å². The fourth-order valence-corrected chi connectivity index (χ4v) is 3.72. The molecule has 0 fully saturated rings. The molecule has 1 atom stereocenters. The minimum Gasteiger partial charge on any atom is -0.490 e. The summed E-state index contributed by atoms with van der Waals surface area (Å²) < 4.78 is 34.6. The van der Waals surface area contributed by atoms with E-state index in [2.05, 4.69) is 0 Å². The Morgan fingerprint density at radius 3 is 2.69 bits per heavy atom. The molecule has 1 unspecified atom stereocenters. The van der Waals surface area contributed by atoms with E-state index in [1.165, 1.54) is 12.1 Å². The predicted octanol–water partition coefficient (Wildman–Crippen LogP) is 2.73. The molecule has 0 saturated heterocycles. The maximum Gasteiger partial charge on any atom is 0.253 e. The average molecular weight is 416 g/mol. The number of nitrogens with two attached hydrogens (primary N) is 1. The molecule has 29 heavy (non-hydrogen) atoms. The van der Waals surface area contributed by atoms with Gasteiger partial charge in [0.2, 0.25) is 10.0 Å². The van der Waals surface area contributed by atoms with Gasteiger partial charge in [-0.2, -0.15) is 0 Å². The number of hydrogen-bond acceptors (Lipinski definition) is 5. The number of nitrogens with zero attached hydrogens (tertiary/aromatic N) is 1. The first-order chi connectivity index (χ1) is 13.7. The normalized spacial score (nSPS) is 14.3. The first kappa shape index (κ1) is 20.9. The minimum absolute atomic E-state index is 0.0142. The van der Waals surface area contributed by atoms with E-state index in [-0.39, 0.29) is 23.5 Å². The van der Waals surface area contributed by atoms with Crippen LogP contribution in [0.3, 0.4) is 0 Å². The summed E-state index contributed by atoms with van der Waals surface area (Å²) in [5.41, 5.74) is 1.95. The van der Waals surface area contributed by atoms with Crippen molar-refractivity contribution in [2.45, 2.75) is 24.8 Å². The lowest BCUT2D eigenvalue weighted by atomic mass is 10.0. The van der Waals surface area contributed by atoms with Gasteiger partial charge in [-0.15, -0.1) is 0 Å². The van der Waals surface area contributed by atoms with Crippen molar-refractivity contribution >= 4 is 22.0 Å². The molecule has 3 rings (SSSR count). The Kier molecular flexibility index (Phi) is 5.95. The second kappa shape index (κ2) is 8.26. The molecule has 154 valence electrons. The van der Waals surface area contributed by atoms with Crippen LogP contribution in [0.1, 0.15) is 31.0 Å². The van der Waals surface area contributed by atoms with Gasteiger partial charge < -0.3 is 14.4 Å². The van der Waals surface area contributed by atoms with Crippen LogP contribution in [-0.4, -0.2) is 39.5 Å². The minimum atomic E-state index is -3.81. The Morgan fingerprint density at radius 2 is 2.00 bits per heavy atom. The molecule has 1 amide bonds. The van der Waals surface area contributed by atoms with E-state index in [1.807, 2.05) is 32.0 Å². The molecule has 0 radical (unpaired) electrons. The molecule has 0 aliphatic carbocycles. The molecular formula is C21H24N2O5S. The average Bonchev–Trinajstić information content (AvgIpc) is 2.71. The summed E-state index contributed by atoms with van der Waals surface area (Å²) >= 11 is 0. The lowest BCUT2D eigenvalue weighted by Crippen LogP contribution is -2.33. The SMILES string of the molecule is CCOc1cccc2c1OCC(C(=O)N(C)C(C)c1cccc(S(N)(=O)=O)c1)=C2. The Balaban J connectivity index is 1.84. The molecule has 2 N–H and O–H groups in total. The van der Waals surface area contributed by atoms with Gasteiger partial charge in [0, 0.05) is 12.6 Å². The van der Waals surface area contributed by atoms with Crippen LogP contribution in [0.4, 0.5) is 0 Å². The van der Waals surface area contributed by atoms with Gasteiger partial charge in [0.15, 0.2) is 11.5 Å². The molecule has 1 aliphatic rings. The number of fused-ring (bicyclic) bond motifs is 1. The van der Waals surface area contributed by atoms with Crippen molar-refractivity contribution in [1.82, 2.24) is 4.90 Å². The topological polar surface area (TPSA) is 98.9 Å². The van der Waals surface area contributed by atoms with Gasteiger partial charge in [-0.1, -0.05) is 24.3 Å². The third-order valence-electron chi connectivity index (χ3n) is 4.86. The third kappa shape index (κ3) is 4.44. The Labute approximate surface area is 170 Å². The van der Waals surface area contributed by atoms with Gasteiger partial charge in [-0.05, 0) is 43.7 Å². The third-order valence-corrected chi connectivity index (χ3v) is 5.77. The second-order valence-electron chi connectivity index (χ2n) is 6.78. The molecule has 7 nitrogen and oxygen atoms in total. The number of primary sulfonamides is 1. The summed E-state index contributed by atoms with van der Waals surface area (Å²) in [5.74, 6) is 1.07. The second-order valence-corrected chi connectivity index (χ2v) is 8.34. The first-order valence-corrected chi connectivity index (χ1v) is 10.8. The van der Waals surface area contributed by atoms with Crippen LogP contribution in [0.15, 0.2) is 52.9 Å². The lowest BCUT2D eigenvalue weighted by Gasteiger charge is -2.28. The number of rotatable bonds is 6. The molecule has 0 bridgehead atoms. The smallest absolute Gasteiger partial charge is 0.253 e. The molecule has 1 aliphatic heterocycles. The molecule has 0 saturated carbocycles. The molecule has 2 aromatic rings. The zero-order valence-electron chi connectivity index (χ0n) is 16.6. The van der Waals surface area contributed by atoms with Crippen LogP contribution in [0.25, 0.3) is 6.08 Å². The fraction of sp³-hybridized carbons (Fsp3) is 0.286. The Morgan fingerprint density at radius 1 is 1.28 bits per heavy atom. The van der Waals surface area contributed by atoms with E-state index < -0.39 is 10.0 Å². The van der Waals surface area contributed by atoms with Gasteiger partial charge >= 0.3 is 0 Å². The number of likely N-dealkylation sites (N-methyl/N-ethyl adjacent to an activating group) is 1. The van der Waals surface area contributed by atoms with Crippen LogP contribution >= 0.6 is 0 Å². The largest absolute Gasteiger partial charge is 0.490 e. The molecule has 2 aromatic carbocycles. The zero-order valence-corrected chi connectivity index (χ0v) is 17.4. The monoisotopic (exact) mass is 416 g/mol. The number of sulfonamides is 1. The van der Waals surface area contributed by atoms with Gasteiger partial charge in [-0.3, -0.25) is 4.79 Å². The van der Waals surface area contributed by atoms with Crippen molar-refractivity contribution in [3.63, 3.8) is 0 Å². The number of para-hydroxylation sites is 1. The van der Waals surface area contributed by atoms with Crippen LogP contribution in [-0.2, 0) is 14.8 Å². The van der Waals surface area contributed by atoms with Crippen molar-refractivity contribution in [3.05, 3.63) is 59.2 Å². The summed E-state index contributed by atoms with van der Waals surface area (Å²) in [6.07, 6.45) is 1.80. The van der Waals surface area contributed by atoms with Crippen molar-refractivity contribution in [2.24, 2.45) is 5.14 Å². The van der Waals surface area contributed by atoms with Crippen LogP contribution in [0, 0.1) is 0 Å². The van der Waals surface area contributed by atoms with Crippen LogP contribution in [0.5, 0.6) is 11.5 Å². The molecule has 1 heterocycles. The summed E-state index contributed by atoms with van der Waals surface area (Å²) in [5, 5.41) is 5.21. The van der Waals surface area contributed by atoms with Crippen LogP contribution < -0.4 is 14.6 Å². The summed E-state index contributed by atoms with van der Waals surface area (Å²) in [6, 6.07) is 11.5. The predicted molar refractivity (Wildman–Crippen MR) is 110 cm³/mol. The highest BCUT2D eigenvalue weighted by atomic mass is 32.2. The van der Waals surface area contributed by atoms with Crippen LogP contribution in [0.2, 0.25) is 0 Å². The van der Waals surface area contributed by atoms with E-state index in [1.54, 1.807) is 30.2 Å². The van der Waals surface area contributed by atoms with Gasteiger partial charge in [0.1, 0.15) is 6.61 Å². The zero-order chi connectivity index (χ0) is 21.2. The maximum atomic E-state index is 13.0. The highest BCUT2D eigenvalue weighted by Gasteiger charge is 2.25. The number of benzene rings is 2. The summed E-state index contributed by atoms with van der Waals surface area (Å²) in [7, 11) is -2.14. The first-order valence-electron chi connectivity index (χ1n) is 9.21. The maximum absolute atomic E-state index is 13.0. The lowest BCUT2D eigenvalue weighted by molar-refractivity contribution is -0.128. The van der Waals surface area contributed by atoms with E-state index in [0.717, 1.165) is 5.56 Å². The van der Waals surface area contributed by atoms with Crippen molar-refractivity contribution in [1.29, 1.82) is 0 Å². The standard InChI is InChI=1S/C21H24N2O5S/c1-4-27-19-10-6-8-16-11-17(13-28-20(16)19)21(24)23(3)14(2)15-7-5-9-18(12-15)29(22,25)26/h5-12,14H,4,13H2,1-3H3,(H2,22,25,26). The molecule has 0 aromatic heterocycles. The Hall–Kier alpha value is -2.84. The van der Waals surface area contributed by atoms with Crippen molar-refractivity contribution in [3.8, 4) is 11.5 Å². The molecular weight excluding hydrogens is 392 g/mol. The Bertz CT molecular complexity index is 1060. The van der Waals surface area contributed by atoms with E-state index in [0.29, 0.717) is 29.2 Å². The summed E-state index contributed by atoms with van der Waals surface area (Å²) in [6.45, 7) is 4.37. The number of amides is 1. The molecule has 0 spiro atoms. The van der Waals surface area contributed by atoms with Crippen molar-refractivity contribution in [2.75, 3.05) is 20.3 Å². The number of hydrogen-bond donors (Lipinski definition) is 1. The highest BCUT2D eigenvalue weighted by Crippen LogP contribution is 2.36. The van der Waals surface area contributed by atoms with E-state index in [9.17, 15) is 13.2 Å².